The Hall–Kier alpha value is -1.70. The minimum atomic E-state index is -4.64. The van der Waals surface area contributed by atoms with Gasteiger partial charge < -0.3 is 29.6 Å². The Kier molecular flexibility index (Phi) is 11.2. The summed E-state index contributed by atoms with van der Waals surface area (Å²) in [5, 5.41) is 4.63. The van der Waals surface area contributed by atoms with Gasteiger partial charge in [-0.2, -0.15) is 0 Å². The fourth-order valence-electron chi connectivity index (χ4n) is 2.74. The quantitative estimate of drug-likeness (QED) is 0.336. The van der Waals surface area contributed by atoms with E-state index in [1.807, 2.05) is 24.4 Å². The topological polar surface area (TPSA) is 115 Å². The molecule has 164 valence electrons. The van der Waals surface area contributed by atoms with E-state index in [0.29, 0.717) is 6.04 Å². The molecule has 0 spiro atoms. The van der Waals surface area contributed by atoms with Gasteiger partial charge in [0.2, 0.25) is 0 Å². The Bertz CT molecular complexity index is 774. The standard InChI is InChI=1S/C20H31N3O.H3O4P/c1-16(2)23(3)13-8-6-5-7-11-21-19-15-18(24-4)14-17-10-9-12-22-20(17)19;1-5(2,3)4/h9-10,12,14-16,21H,5-8,11,13H2,1-4H3;(H3,1,2,3,4). The summed E-state index contributed by atoms with van der Waals surface area (Å²) in [6.07, 6.45) is 6.84. The van der Waals surface area contributed by atoms with Crippen molar-refractivity contribution in [3.63, 3.8) is 0 Å². The number of ether oxygens (including phenoxy) is 1. The number of unbranched alkanes of at least 4 members (excludes halogenated alkanes) is 3. The van der Waals surface area contributed by atoms with Gasteiger partial charge in [-0.1, -0.05) is 18.9 Å². The van der Waals surface area contributed by atoms with Crippen molar-refractivity contribution < 1.29 is 24.0 Å². The van der Waals surface area contributed by atoms with Gasteiger partial charge in [0.15, 0.2) is 0 Å². The predicted molar refractivity (Wildman–Crippen MR) is 117 cm³/mol. The van der Waals surface area contributed by atoms with E-state index in [1.165, 1.54) is 32.2 Å². The van der Waals surface area contributed by atoms with Crippen LogP contribution in [0.5, 0.6) is 5.75 Å². The van der Waals surface area contributed by atoms with Crippen molar-refractivity contribution in [3.8, 4) is 5.75 Å². The summed E-state index contributed by atoms with van der Waals surface area (Å²) in [5.41, 5.74) is 2.07. The lowest BCUT2D eigenvalue weighted by molar-refractivity contribution is 0.267. The molecule has 9 heteroatoms. The number of anilines is 1. The summed E-state index contributed by atoms with van der Waals surface area (Å²) >= 11 is 0. The molecule has 1 aromatic carbocycles. The molecule has 0 saturated carbocycles. The molecule has 1 heterocycles. The highest BCUT2D eigenvalue weighted by Gasteiger charge is 2.05. The summed E-state index contributed by atoms with van der Waals surface area (Å²) in [5.74, 6) is 0.870. The minimum absolute atomic E-state index is 0.639. The van der Waals surface area contributed by atoms with Crippen molar-refractivity contribution in [2.24, 2.45) is 0 Å². The van der Waals surface area contributed by atoms with Crippen molar-refractivity contribution in [2.45, 2.75) is 45.6 Å². The number of nitrogens with zero attached hydrogens (tertiary/aromatic N) is 2. The van der Waals surface area contributed by atoms with Crippen molar-refractivity contribution in [3.05, 3.63) is 30.5 Å². The fourth-order valence-corrected chi connectivity index (χ4v) is 2.74. The maximum Gasteiger partial charge on any atom is 0.466 e. The van der Waals surface area contributed by atoms with Crippen LogP contribution in [0.25, 0.3) is 10.9 Å². The zero-order chi connectivity index (χ0) is 21.9. The van der Waals surface area contributed by atoms with Crippen LogP contribution in [0, 0.1) is 0 Å². The molecule has 29 heavy (non-hydrogen) atoms. The normalized spacial score (nSPS) is 11.5. The van der Waals surface area contributed by atoms with Crippen molar-refractivity contribution in [1.29, 1.82) is 0 Å². The van der Waals surface area contributed by atoms with Gasteiger partial charge >= 0.3 is 7.82 Å². The predicted octanol–water partition coefficient (Wildman–Crippen LogP) is 3.63. The first-order valence-electron chi connectivity index (χ1n) is 9.77. The second-order valence-electron chi connectivity index (χ2n) is 7.18. The monoisotopic (exact) mass is 427 g/mol. The SMILES string of the molecule is COc1cc(NCCCCCCN(C)C(C)C)c2ncccc2c1.O=P(O)(O)O. The van der Waals surface area contributed by atoms with Gasteiger partial charge in [0, 0.05) is 30.2 Å². The number of aromatic nitrogens is 1. The largest absolute Gasteiger partial charge is 0.497 e. The van der Waals surface area contributed by atoms with Crippen LogP contribution in [0.15, 0.2) is 30.5 Å². The number of rotatable bonds is 10. The number of nitrogens with one attached hydrogen (secondary N) is 1. The highest BCUT2D eigenvalue weighted by molar-refractivity contribution is 7.45. The van der Waals surface area contributed by atoms with E-state index in [4.69, 9.17) is 24.0 Å². The van der Waals surface area contributed by atoms with E-state index < -0.39 is 7.82 Å². The van der Waals surface area contributed by atoms with E-state index in [2.05, 4.69) is 42.2 Å². The molecule has 0 atom stereocenters. The van der Waals surface area contributed by atoms with Gasteiger partial charge in [0.05, 0.1) is 18.3 Å². The molecule has 2 aromatic rings. The van der Waals surface area contributed by atoms with Gasteiger partial charge in [-0.3, -0.25) is 4.98 Å². The van der Waals surface area contributed by atoms with E-state index >= 15 is 0 Å². The molecule has 0 radical (unpaired) electrons. The number of fused-ring (bicyclic) bond motifs is 1. The molecule has 4 N–H and O–H groups in total. The molecule has 0 unspecified atom stereocenters. The average Bonchev–Trinajstić information content (AvgIpc) is 2.65. The minimum Gasteiger partial charge on any atom is -0.497 e. The van der Waals surface area contributed by atoms with Crippen LogP contribution in [0.1, 0.15) is 39.5 Å². The van der Waals surface area contributed by atoms with Gasteiger partial charge in [0.1, 0.15) is 5.75 Å². The summed E-state index contributed by atoms with van der Waals surface area (Å²) in [7, 11) is -0.734. The van der Waals surface area contributed by atoms with Crippen LogP contribution < -0.4 is 10.1 Å². The number of phosphoric acid groups is 1. The summed E-state index contributed by atoms with van der Waals surface area (Å²) in [6.45, 7) is 6.65. The van der Waals surface area contributed by atoms with Crippen LogP contribution in [-0.2, 0) is 4.57 Å². The Morgan fingerprint density at radius 1 is 1.17 bits per heavy atom. The third kappa shape index (κ3) is 11.2. The van der Waals surface area contributed by atoms with Crippen molar-refractivity contribution >= 4 is 24.4 Å². The molecule has 2 rings (SSSR count). The van der Waals surface area contributed by atoms with Crippen LogP contribution in [-0.4, -0.2) is 57.9 Å². The molecule has 1 aromatic heterocycles. The molecule has 0 saturated heterocycles. The second-order valence-corrected chi connectivity index (χ2v) is 8.21. The lowest BCUT2D eigenvalue weighted by Gasteiger charge is -2.20. The summed E-state index contributed by atoms with van der Waals surface area (Å²) < 4.78 is 14.3. The van der Waals surface area contributed by atoms with E-state index in [0.717, 1.165) is 28.9 Å². The molecule has 8 nitrogen and oxygen atoms in total. The number of methoxy groups -OCH3 is 1. The Balaban J connectivity index is 0.000000749. The smallest absolute Gasteiger partial charge is 0.466 e. The first-order chi connectivity index (χ1) is 13.6. The molecule has 0 bridgehead atoms. The van der Waals surface area contributed by atoms with Crippen LogP contribution in [0.4, 0.5) is 5.69 Å². The first-order valence-corrected chi connectivity index (χ1v) is 11.3. The number of hydrogen-bond donors (Lipinski definition) is 4. The van der Waals surface area contributed by atoms with Gasteiger partial charge in [-0.05, 0) is 52.4 Å². The van der Waals surface area contributed by atoms with E-state index in [9.17, 15) is 0 Å². The van der Waals surface area contributed by atoms with E-state index in [1.54, 1.807) is 7.11 Å². The summed E-state index contributed by atoms with van der Waals surface area (Å²) in [4.78, 5) is 28.5. The highest BCUT2D eigenvalue weighted by Crippen LogP contribution is 2.27. The molecule has 0 amide bonds. The maximum absolute atomic E-state index is 8.88. The maximum atomic E-state index is 8.88. The Labute approximate surface area is 173 Å². The third-order valence-electron chi connectivity index (χ3n) is 4.55. The highest BCUT2D eigenvalue weighted by atomic mass is 31.2. The summed E-state index contributed by atoms with van der Waals surface area (Å²) in [6, 6.07) is 8.73. The van der Waals surface area contributed by atoms with Gasteiger partial charge in [0.25, 0.3) is 0 Å². The Morgan fingerprint density at radius 3 is 2.45 bits per heavy atom. The number of pyridine rings is 1. The number of hydrogen-bond acceptors (Lipinski definition) is 5. The number of benzene rings is 1. The Morgan fingerprint density at radius 2 is 1.83 bits per heavy atom. The molecule has 0 aliphatic heterocycles. The molecule has 0 fully saturated rings. The average molecular weight is 427 g/mol. The fraction of sp³-hybridized carbons (Fsp3) is 0.550. The second kappa shape index (κ2) is 12.8. The van der Waals surface area contributed by atoms with Crippen LogP contribution in [0.3, 0.4) is 0 Å². The lowest BCUT2D eigenvalue weighted by atomic mass is 10.1. The first kappa shape index (κ1) is 25.3. The van der Waals surface area contributed by atoms with Crippen LogP contribution in [0.2, 0.25) is 0 Å². The van der Waals surface area contributed by atoms with E-state index in [-0.39, 0.29) is 0 Å². The molecular formula is C20H34N3O5P. The lowest BCUT2D eigenvalue weighted by Crippen LogP contribution is -2.27. The molecule has 0 aliphatic rings. The van der Waals surface area contributed by atoms with Crippen molar-refractivity contribution in [2.75, 3.05) is 32.6 Å². The zero-order valence-corrected chi connectivity index (χ0v) is 18.6. The zero-order valence-electron chi connectivity index (χ0n) is 17.7. The van der Waals surface area contributed by atoms with Crippen molar-refractivity contribution in [1.82, 2.24) is 9.88 Å². The van der Waals surface area contributed by atoms with Gasteiger partial charge in [-0.15, -0.1) is 0 Å². The molecular weight excluding hydrogens is 393 g/mol. The molecule has 0 aliphatic carbocycles. The van der Waals surface area contributed by atoms with Crippen LogP contribution >= 0.6 is 7.82 Å². The van der Waals surface area contributed by atoms with Gasteiger partial charge in [-0.25, -0.2) is 4.57 Å². The third-order valence-corrected chi connectivity index (χ3v) is 4.55.